The Balaban J connectivity index is 2.51. The molecule has 0 radical (unpaired) electrons. The van der Waals surface area contributed by atoms with Crippen molar-refractivity contribution in [2.75, 3.05) is 18.2 Å². The molecule has 1 atom stereocenters. The van der Waals surface area contributed by atoms with Crippen LogP contribution in [-0.2, 0) is 14.6 Å². The summed E-state index contributed by atoms with van der Waals surface area (Å²) in [6.45, 7) is 4.60. The van der Waals surface area contributed by atoms with Crippen LogP contribution in [0.1, 0.15) is 46.0 Å². The summed E-state index contributed by atoms with van der Waals surface area (Å²) in [5.41, 5.74) is -0.0526. The Morgan fingerprint density at radius 1 is 1.37 bits per heavy atom. The fourth-order valence-electron chi connectivity index (χ4n) is 2.32. The number of halogens is 1. The molecule has 0 aromatic carbocycles. The van der Waals surface area contributed by atoms with Gasteiger partial charge in [0.1, 0.15) is 5.25 Å². The lowest BCUT2D eigenvalue weighted by molar-refractivity contribution is -0.121. The van der Waals surface area contributed by atoms with Gasteiger partial charge in [0.05, 0.1) is 5.75 Å². The molecule has 19 heavy (non-hydrogen) atoms. The molecule has 1 amide bonds. The van der Waals surface area contributed by atoms with E-state index in [2.05, 4.69) is 19.2 Å². The number of rotatable bonds is 6. The molecular formula is C13H24ClNO3S. The van der Waals surface area contributed by atoms with Crippen molar-refractivity contribution in [2.24, 2.45) is 5.41 Å². The Hall–Kier alpha value is -0.290. The zero-order chi connectivity index (χ0) is 14.5. The number of sulfone groups is 1. The quantitative estimate of drug-likeness (QED) is 0.764. The molecule has 1 saturated heterocycles. The van der Waals surface area contributed by atoms with Crippen molar-refractivity contribution in [3.05, 3.63) is 0 Å². The first-order valence-electron chi connectivity index (χ1n) is 6.84. The van der Waals surface area contributed by atoms with Crippen LogP contribution in [0, 0.1) is 5.41 Å². The summed E-state index contributed by atoms with van der Waals surface area (Å²) in [5.74, 6) is 0.411. The van der Waals surface area contributed by atoms with Crippen LogP contribution in [0.5, 0.6) is 0 Å². The fourth-order valence-corrected chi connectivity index (χ4v) is 4.28. The summed E-state index contributed by atoms with van der Waals surface area (Å²) < 4.78 is 23.7. The molecule has 0 spiro atoms. The summed E-state index contributed by atoms with van der Waals surface area (Å²) in [7, 11) is -3.24. The monoisotopic (exact) mass is 309 g/mol. The molecule has 1 aliphatic rings. The number of carbonyl (C=O) groups is 1. The van der Waals surface area contributed by atoms with Crippen molar-refractivity contribution in [2.45, 2.75) is 51.2 Å². The summed E-state index contributed by atoms with van der Waals surface area (Å²) in [5, 5.41) is 1.95. The smallest absolute Gasteiger partial charge is 0.238 e. The predicted molar refractivity (Wildman–Crippen MR) is 78.2 cm³/mol. The first-order chi connectivity index (χ1) is 8.78. The minimum Gasteiger partial charge on any atom is -0.354 e. The SMILES string of the molecule is CC(C)(CCCCl)CNC(=O)C1CCCCS1(=O)=O. The van der Waals surface area contributed by atoms with Crippen molar-refractivity contribution in [1.29, 1.82) is 0 Å². The number of carbonyl (C=O) groups excluding carboxylic acids is 1. The highest BCUT2D eigenvalue weighted by atomic mass is 35.5. The molecule has 1 rings (SSSR count). The topological polar surface area (TPSA) is 63.2 Å². The van der Waals surface area contributed by atoms with Crippen LogP contribution in [0.15, 0.2) is 0 Å². The second-order valence-electron chi connectivity index (χ2n) is 6.03. The number of hydrogen-bond donors (Lipinski definition) is 1. The predicted octanol–water partition coefficient (Wildman–Crippen LogP) is 2.12. The third-order valence-electron chi connectivity index (χ3n) is 3.60. The Morgan fingerprint density at radius 3 is 2.63 bits per heavy atom. The summed E-state index contributed by atoms with van der Waals surface area (Å²) in [4.78, 5) is 12.0. The van der Waals surface area contributed by atoms with Crippen molar-refractivity contribution in [3.8, 4) is 0 Å². The van der Waals surface area contributed by atoms with Gasteiger partial charge in [-0.2, -0.15) is 0 Å². The number of nitrogens with one attached hydrogen (secondary N) is 1. The lowest BCUT2D eigenvalue weighted by Crippen LogP contribution is -2.45. The van der Waals surface area contributed by atoms with Gasteiger partial charge < -0.3 is 5.32 Å². The van der Waals surface area contributed by atoms with Crippen molar-refractivity contribution in [3.63, 3.8) is 0 Å². The first kappa shape index (κ1) is 16.8. The van der Waals surface area contributed by atoms with Gasteiger partial charge in [-0.1, -0.05) is 20.3 Å². The van der Waals surface area contributed by atoms with E-state index in [1.54, 1.807) is 0 Å². The Morgan fingerprint density at radius 2 is 2.05 bits per heavy atom. The van der Waals surface area contributed by atoms with Crippen molar-refractivity contribution < 1.29 is 13.2 Å². The average Bonchev–Trinajstić information content (AvgIpc) is 2.33. The zero-order valence-electron chi connectivity index (χ0n) is 11.7. The van der Waals surface area contributed by atoms with Crippen LogP contribution in [0.2, 0.25) is 0 Å². The van der Waals surface area contributed by atoms with Gasteiger partial charge in [0.2, 0.25) is 5.91 Å². The molecule has 6 heteroatoms. The van der Waals surface area contributed by atoms with E-state index in [4.69, 9.17) is 11.6 Å². The molecule has 1 N–H and O–H groups in total. The number of hydrogen-bond acceptors (Lipinski definition) is 3. The highest BCUT2D eigenvalue weighted by molar-refractivity contribution is 7.92. The van der Waals surface area contributed by atoms with Gasteiger partial charge in [0.25, 0.3) is 0 Å². The second-order valence-corrected chi connectivity index (χ2v) is 8.71. The van der Waals surface area contributed by atoms with Crippen LogP contribution in [0.25, 0.3) is 0 Å². The van der Waals surface area contributed by atoms with E-state index in [1.165, 1.54) is 0 Å². The van der Waals surface area contributed by atoms with E-state index in [-0.39, 0.29) is 17.1 Å². The second kappa shape index (κ2) is 6.93. The maximum Gasteiger partial charge on any atom is 0.238 e. The van der Waals surface area contributed by atoms with Crippen LogP contribution in [0.3, 0.4) is 0 Å². The zero-order valence-corrected chi connectivity index (χ0v) is 13.3. The molecule has 1 aliphatic heterocycles. The number of alkyl halides is 1. The molecule has 1 fully saturated rings. The standard InChI is InChI=1S/C13H24ClNO3S/c1-13(2,7-5-8-14)10-15-12(16)11-6-3-4-9-19(11,17)18/h11H,3-10H2,1-2H3,(H,15,16). The average molecular weight is 310 g/mol. The van der Waals surface area contributed by atoms with Crippen LogP contribution in [-0.4, -0.2) is 37.8 Å². The van der Waals surface area contributed by atoms with Gasteiger partial charge in [-0.05, 0) is 31.1 Å². The molecule has 0 bridgehead atoms. The highest BCUT2D eigenvalue weighted by Gasteiger charge is 2.35. The Labute approximate surface area is 121 Å². The third-order valence-corrected chi connectivity index (χ3v) is 6.04. The molecule has 0 aromatic rings. The minimum atomic E-state index is -3.24. The van der Waals surface area contributed by atoms with E-state index in [1.807, 2.05) is 0 Å². The van der Waals surface area contributed by atoms with E-state index in [9.17, 15) is 13.2 Å². The van der Waals surface area contributed by atoms with Gasteiger partial charge in [-0.25, -0.2) is 8.42 Å². The molecule has 1 heterocycles. The van der Waals surface area contributed by atoms with Crippen LogP contribution in [0.4, 0.5) is 0 Å². The highest BCUT2D eigenvalue weighted by Crippen LogP contribution is 2.23. The molecule has 1 unspecified atom stereocenters. The summed E-state index contributed by atoms with van der Waals surface area (Å²) in [6.07, 6.45) is 3.75. The van der Waals surface area contributed by atoms with Crippen LogP contribution >= 0.6 is 11.6 Å². The minimum absolute atomic E-state index is 0.0526. The largest absolute Gasteiger partial charge is 0.354 e. The maximum atomic E-state index is 12.0. The lowest BCUT2D eigenvalue weighted by Gasteiger charge is -2.27. The lowest BCUT2D eigenvalue weighted by atomic mass is 9.88. The first-order valence-corrected chi connectivity index (χ1v) is 9.09. The molecule has 112 valence electrons. The molecular weight excluding hydrogens is 286 g/mol. The van der Waals surface area contributed by atoms with Crippen molar-refractivity contribution >= 4 is 27.3 Å². The van der Waals surface area contributed by atoms with E-state index < -0.39 is 15.1 Å². The van der Waals surface area contributed by atoms with Gasteiger partial charge in [-0.3, -0.25) is 4.79 Å². The Bertz CT molecular complexity index is 406. The summed E-state index contributed by atoms with van der Waals surface area (Å²) in [6, 6.07) is 0. The van der Waals surface area contributed by atoms with Gasteiger partial charge in [0.15, 0.2) is 9.84 Å². The van der Waals surface area contributed by atoms with Gasteiger partial charge >= 0.3 is 0 Å². The molecule has 4 nitrogen and oxygen atoms in total. The van der Waals surface area contributed by atoms with Crippen molar-refractivity contribution in [1.82, 2.24) is 5.32 Å². The van der Waals surface area contributed by atoms with E-state index in [0.29, 0.717) is 25.3 Å². The maximum absolute atomic E-state index is 12.0. The molecule has 0 saturated carbocycles. The summed E-state index contributed by atoms with van der Waals surface area (Å²) >= 11 is 5.66. The molecule has 0 aliphatic carbocycles. The molecule has 0 aromatic heterocycles. The normalized spacial score (nSPS) is 23.0. The number of amides is 1. The van der Waals surface area contributed by atoms with Crippen LogP contribution < -0.4 is 5.32 Å². The van der Waals surface area contributed by atoms with Gasteiger partial charge in [0, 0.05) is 12.4 Å². The third kappa shape index (κ3) is 5.30. The fraction of sp³-hybridized carbons (Fsp3) is 0.923. The Kier molecular flexibility index (Phi) is 6.12. The van der Waals surface area contributed by atoms with Gasteiger partial charge in [-0.15, -0.1) is 11.6 Å². The van der Waals surface area contributed by atoms with E-state index in [0.717, 1.165) is 19.3 Å². The van der Waals surface area contributed by atoms with E-state index >= 15 is 0 Å².